The van der Waals surface area contributed by atoms with Crippen molar-refractivity contribution in [2.45, 2.75) is 46.7 Å². The van der Waals surface area contributed by atoms with Gasteiger partial charge in [-0.25, -0.2) is 0 Å². The van der Waals surface area contributed by atoms with E-state index in [0.29, 0.717) is 18.4 Å². The van der Waals surface area contributed by atoms with Crippen LogP contribution in [-0.2, 0) is 6.54 Å². The summed E-state index contributed by atoms with van der Waals surface area (Å²) in [5.41, 5.74) is 1.07. The molecule has 0 amide bonds. The van der Waals surface area contributed by atoms with Gasteiger partial charge in [0.1, 0.15) is 0 Å². The van der Waals surface area contributed by atoms with Crippen molar-refractivity contribution in [3.63, 3.8) is 0 Å². The average Bonchev–Trinajstić information content (AvgIpc) is 2.76. The maximum absolute atomic E-state index is 8.71. The number of aliphatic hydroxyl groups excluding tert-OH is 1. The molecular formula is C16H25NOS. The van der Waals surface area contributed by atoms with Gasteiger partial charge in [-0.05, 0) is 25.8 Å². The van der Waals surface area contributed by atoms with Crippen molar-refractivity contribution >= 4 is 11.3 Å². The molecule has 0 aliphatic rings. The second kappa shape index (κ2) is 8.37. The summed E-state index contributed by atoms with van der Waals surface area (Å²) in [6.07, 6.45) is 0.552. The largest absolute Gasteiger partial charge is 0.395 e. The van der Waals surface area contributed by atoms with Gasteiger partial charge in [0.05, 0.1) is 6.61 Å². The second-order valence-electron chi connectivity index (χ2n) is 5.49. The van der Waals surface area contributed by atoms with Gasteiger partial charge in [0.15, 0.2) is 0 Å². The number of aliphatic hydroxyl groups is 1. The summed E-state index contributed by atoms with van der Waals surface area (Å²) in [7, 11) is 0. The Morgan fingerprint density at radius 2 is 2.05 bits per heavy atom. The van der Waals surface area contributed by atoms with Gasteiger partial charge in [-0.1, -0.05) is 25.7 Å². The zero-order valence-corrected chi connectivity index (χ0v) is 13.3. The number of hydrogen-bond acceptors (Lipinski definition) is 3. The maximum atomic E-state index is 8.71. The molecule has 2 nitrogen and oxygen atoms in total. The highest BCUT2D eigenvalue weighted by molar-refractivity contribution is 7.10. The predicted molar refractivity (Wildman–Crippen MR) is 83.3 cm³/mol. The lowest BCUT2D eigenvalue weighted by molar-refractivity contribution is 0.191. The van der Waals surface area contributed by atoms with Crippen molar-refractivity contribution in [1.82, 2.24) is 4.90 Å². The molecule has 0 fully saturated rings. The smallest absolute Gasteiger partial charge is 0.0540 e. The molecule has 0 aromatic carbocycles. The van der Waals surface area contributed by atoms with Crippen molar-refractivity contribution in [3.05, 3.63) is 21.9 Å². The van der Waals surface area contributed by atoms with Crippen LogP contribution in [-0.4, -0.2) is 29.2 Å². The summed E-state index contributed by atoms with van der Waals surface area (Å²) in [4.78, 5) is 3.86. The zero-order chi connectivity index (χ0) is 14.3. The van der Waals surface area contributed by atoms with Crippen LogP contribution in [0, 0.1) is 17.8 Å². The lowest BCUT2D eigenvalue weighted by Gasteiger charge is -2.27. The molecule has 0 bridgehead atoms. The first-order valence-corrected chi connectivity index (χ1v) is 7.82. The third kappa shape index (κ3) is 6.24. The molecular weight excluding hydrogens is 254 g/mol. The number of rotatable bonds is 6. The highest BCUT2D eigenvalue weighted by atomic mass is 32.1. The molecule has 1 rings (SSSR count). The van der Waals surface area contributed by atoms with Crippen LogP contribution < -0.4 is 0 Å². The zero-order valence-electron chi connectivity index (χ0n) is 12.4. The Morgan fingerprint density at radius 1 is 1.32 bits per heavy atom. The third-order valence-electron chi connectivity index (χ3n) is 2.81. The summed E-state index contributed by atoms with van der Waals surface area (Å²) < 4.78 is 0. The molecule has 0 aliphatic heterocycles. The van der Waals surface area contributed by atoms with Crippen LogP contribution in [0.4, 0.5) is 0 Å². The Morgan fingerprint density at radius 3 is 2.63 bits per heavy atom. The van der Waals surface area contributed by atoms with Gasteiger partial charge in [0, 0.05) is 41.4 Å². The maximum Gasteiger partial charge on any atom is 0.0540 e. The van der Waals surface area contributed by atoms with E-state index in [-0.39, 0.29) is 6.61 Å². The topological polar surface area (TPSA) is 23.5 Å². The second-order valence-corrected chi connectivity index (χ2v) is 6.49. The van der Waals surface area contributed by atoms with E-state index in [1.54, 1.807) is 11.3 Å². The van der Waals surface area contributed by atoms with Gasteiger partial charge in [0.2, 0.25) is 0 Å². The van der Waals surface area contributed by atoms with Gasteiger partial charge in [0.25, 0.3) is 0 Å². The Labute approximate surface area is 121 Å². The Kier molecular flexibility index (Phi) is 7.15. The van der Waals surface area contributed by atoms with Crippen molar-refractivity contribution in [2.75, 3.05) is 13.2 Å². The van der Waals surface area contributed by atoms with E-state index in [9.17, 15) is 0 Å². The molecule has 1 N–H and O–H groups in total. The van der Waals surface area contributed by atoms with Gasteiger partial charge in [-0.15, -0.1) is 11.3 Å². The molecule has 0 unspecified atom stereocenters. The molecule has 1 heterocycles. The van der Waals surface area contributed by atoms with Gasteiger partial charge in [-0.2, -0.15) is 0 Å². The molecule has 0 atom stereocenters. The summed E-state index contributed by atoms with van der Waals surface area (Å²) >= 11 is 1.77. The Bertz CT molecular complexity index is 425. The summed E-state index contributed by atoms with van der Waals surface area (Å²) in [5, 5.41) is 10.8. The van der Waals surface area contributed by atoms with Crippen LogP contribution in [0.25, 0.3) is 0 Å². The van der Waals surface area contributed by atoms with Crippen molar-refractivity contribution in [2.24, 2.45) is 5.92 Å². The molecule has 0 aliphatic carbocycles. The van der Waals surface area contributed by atoms with Gasteiger partial charge >= 0.3 is 0 Å². The highest BCUT2D eigenvalue weighted by Gasteiger charge is 2.12. The van der Waals surface area contributed by atoms with E-state index in [2.05, 4.69) is 55.9 Å². The van der Waals surface area contributed by atoms with Crippen LogP contribution in [0.15, 0.2) is 11.4 Å². The third-order valence-corrected chi connectivity index (χ3v) is 3.73. The minimum Gasteiger partial charge on any atom is -0.395 e. The molecule has 1 aromatic heterocycles. The first-order valence-electron chi connectivity index (χ1n) is 6.94. The van der Waals surface area contributed by atoms with Crippen LogP contribution in [0.1, 0.15) is 44.6 Å². The molecule has 0 spiro atoms. The first kappa shape index (κ1) is 16.2. The average molecular weight is 279 g/mol. The van der Waals surface area contributed by atoms with E-state index in [1.807, 2.05) is 0 Å². The quantitative estimate of drug-likeness (QED) is 0.807. The fraction of sp³-hybridized carbons (Fsp3) is 0.625. The standard InChI is InChI=1S/C16H25NOS/c1-13(2)10-17(14(3)4)11-16-9-15(12-19-16)7-5-6-8-18/h9,12-14,18H,6,8,10-11H2,1-4H3. The normalized spacial score (nSPS) is 11.2. The monoisotopic (exact) mass is 279 g/mol. The molecule has 3 heteroatoms. The minimum absolute atomic E-state index is 0.138. The number of thiophene rings is 1. The first-order chi connectivity index (χ1) is 9.02. The molecule has 0 radical (unpaired) electrons. The summed E-state index contributed by atoms with van der Waals surface area (Å²) in [5.74, 6) is 6.74. The lowest BCUT2D eigenvalue weighted by atomic mass is 10.1. The molecule has 19 heavy (non-hydrogen) atoms. The Balaban J connectivity index is 2.63. The molecule has 0 saturated heterocycles. The SMILES string of the molecule is CC(C)CN(Cc1cc(C#CCCO)cs1)C(C)C. The van der Waals surface area contributed by atoms with Crippen LogP contribution in [0.3, 0.4) is 0 Å². The summed E-state index contributed by atoms with van der Waals surface area (Å²) in [6, 6.07) is 2.73. The predicted octanol–water partition coefficient (Wildman–Crippen LogP) is 3.35. The molecule has 106 valence electrons. The van der Waals surface area contributed by atoms with E-state index in [0.717, 1.165) is 18.7 Å². The van der Waals surface area contributed by atoms with E-state index >= 15 is 0 Å². The van der Waals surface area contributed by atoms with Crippen LogP contribution in [0.5, 0.6) is 0 Å². The van der Waals surface area contributed by atoms with Crippen LogP contribution >= 0.6 is 11.3 Å². The number of hydrogen-bond donors (Lipinski definition) is 1. The van der Waals surface area contributed by atoms with E-state index in [1.165, 1.54) is 4.88 Å². The van der Waals surface area contributed by atoms with E-state index in [4.69, 9.17) is 5.11 Å². The Hall–Kier alpha value is -0.820. The lowest BCUT2D eigenvalue weighted by Crippen LogP contribution is -2.33. The minimum atomic E-state index is 0.138. The van der Waals surface area contributed by atoms with Gasteiger partial charge < -0.3 is 5.11 Å². The van der Waals surface area contributed by atoms with Crippen LogP contribution in [0.2, 0.25) is 0 Å². The van der Waals surface area contributed by atoms with Crippen molar-refractivity contribution in [3.8, 4) is 11.8 Å². The molecule has 1 aromatic rings. The van der Waals surface area contributed by atoms with Crippen molar-refractivity contribution < 1.29 is 5.11 Å². The van der Waals surface area contributed by atoms with Crippen molar-refractivity contribution in [1.29, 1.82) is 0 Å². The fourth-order valence-electron chi connectivity index (χ4n) is 1.88. The van der Waals surface area contributed by atoms with Gasteiger partial charge in [-0.3, -0.25) is 4.90 Å². The molecule has 0 saturated carbocycles. The highest BCUT2D eigenvalue weighted by Crippen LogP contribution is 2.18. The van der Waals surface area contributed by atoms with E-state index < -0.39 is 0 Å². The number of nitrogens with zero attached hydrogens (tertiary/aromatic N) is 1. The summed E-state index contributed by atoms with van der Waals surface area (Å²) in [6.45, 7) is 11.3. The fourth-order valence-corrected chi connectivity index (χ4v) is 2.72.